The van der Waals surface area contributed by atoms with Crippen LogP contribution >= 0.6 is 0 Å². The van der Waals surface area contributed by atoms with Gasteiger partial charge in [0.15, 0.2) is 0 Å². The van der Waals surface area contributed by atoms with Gasteiger partial charge in [-0.3, -0.25) is 4.79 Å². The molecule has 1 amide bonds. The molecule has 0 aliphatic rings. The summed E-state index contributed by atoms with van der Waals surface area (Å²) >= 11 is 0. The smallest absolute Gasteiger partial charge is 0.257 e. The van der Waals surface area contributed by atoms with Crippen molar-refractivity contribution >= 4 is 16.7 Å². The number of nitrogens with zero attached hydrogens (tertiary/aromatic N) is 1. The molecule has 0 radical (unpaired) electrons. The quantitative estimate of drug-likeness (QED) is 0.922. The number of hydrogen-bond donors (Lipinski definition) is 1. The Morgan fingerprint density at radius 2 is 1.75 bits per heavy atom. The molecule has 2 rings (SSSR count). The van der Waals surface area contributed by atoms with Crippen molar-refractivity contribution < 1.29 is 9.90 Å². The van der Waals surface area contributed by atoms with E-state index in [0.717, 1.165) is 17.2 Å². The van der Waals surface area contributed by atoms with Crippen molar-refractivity contribution in [3.8, 4) is 5.75 Å². The minimum Gasteiger partial charge on any atom is -0.507 e. The fraction of sp³-hybridized carbons (Fsp3) is 0.353. The Hall–Kier alpha value is -2.03. The van der Waals surface area contributed by atoms with E-state index in [0.29, 0.717) is 5.56 Å². The van der Waals surface area contributed by atoms with Crippen LogP contribution in [0.5, 0.6) is 5.75 Å². The lowest BCUT2D eigenvalue weighted by Crippen LogP contribution is -2.44. The second kappa shape index (κ2) is 5.16. The van der Waals surface area contributed by atoms with E-state index in [1.807, 2.05) is 45.0 Å². The molecule has 0 heterocycles. The number of carbonyl (C=O) groups is 1. The second-order valence-corrected chi connectivity index (χ2v) is 5.75. The van der Waals surface area contributed by atoms with Crippen molar-refractivity contribution in [3.63, 3.8) is 0 Å². The largest absolute Gasteiger partial charge is 0.507 e. The molecule has 2 aromatic carbocycles. The summed E-state index contributed by atoms with van der Waals surface area (Å²) in [6.45, 7) is 6.08. The van der Waals surface area contributed by atoms with Crippen LogP contribution in [0.1, 0.15) is 37.6 Å². The lowest BCUT2D eigenvalue weighted by atomic mass is 9.98. The summed E-state index contributed by atoms with van der Waals surface area (Å²) in [6.07, 6.45) is 0.851. The van der Waals surface area contributed by atoms with Crippen LogP contribution in [0.2, 0.25) is 0 Å². The predicted octanol–water partition coefficient (Wildman–Crippen LogP) is 3.81. The molecule has 106 valence electrons. The summed E-state index contributed by atoms with van der Waals surface area (Å²) in [5, 5.41) is 12.0. The first-order chi connectivity index (χ1) is 9.36. The molecule has 2 aromatic rings. The first kappa shape index (κ1) is 14.4. The number of aromatic hydroxyl groups is 1. The fourth-order valence-electron chi connectivity index (χ4n) is 2.09. The molecule has 0 saturated carbocycles. The van der Waals surface area contributed by atoms with Gasteiger partial charge in [0.1, 0.15) is 5.75 Å². The minimum atomic E-state index is -0.241. The van der Waals surface area contributed by atoms with Crippen molar-refractivity contribution in [2.24, 2.45) is 0 Å². The fourth-order valence-corrected chi connectivity index (χ4v) is 2.09. The van der Waals surface area contributed by atoms with Gasteiger partial charge in [0.25, 0.3) is 5.91 Å². The highest BCUT2D eigenvalue weighted by atomic mass is 16.3. The van der Waals surface area contributed by atoms with Crippen LogP contribution in [-0.2, 0) is 0 Å². The van der Waals surface area contributed by atoms with E-state index in [1.165, 1.54) is 0 Å². The number of phenolic OH excluding ortho intramolecular Hbond substituents is 1. The number of hydrogen-bond acceptors (Lipinski definition) is 2. The zero-order valence-corrected chi connectivity index (χ0v) is 12.5. The highest BCUT2D eigenvalue weighted by Gasteiger charge is 2.28. The van der Waals surface area contributed by atoms with Crippen molar-refractivity contribution in [1.29, 1.82) is 0 Å². The molecule has 3 heteroatoms. The minimum absolute atomic E-state index is 0.0347. The number of carbonyl (C=O) groups excluding carboxylic acids is 1. The third kappa shape index (κ3) is 2.48. The third-order valence-electron chi connectivity index (χ3n) is 4.17. The average Bonchev–Trinajstić information content (AvgIpc) is 2.45. The SMILES string of the molecule is CCC(C)(C)N(C)C(=O)c1cc2ccccc2cc1O. The number of rotatable bonds is 3. The van der Waals surface area contributed by atoms with E-state index in [-0.39, 0.29) is 17.2 Å². The van der Waals surface area contributed by atoms with Crippen LogP contribution in [-0.4, -0.2) is 28.5 Å². The van der Waals surface area contributed by atoms with Crippen molar-refractivity contribution in [2.45, 2.75) is 32.7 Å². The lowest BCUT2D eigenvalue weighted by molar-refractivity contribution is 0.0617. The number of amides is 1. The highest BCUT2D eigenvalue weighted by Crippen LogP contribution is 2.28. The normalized spacial score (nSPS) is 11.6. The molecule has 0 saturated heterocycles. The van der Waals surface area contributed by atoms with Crippen LogP contribution in [0.25, 0.3) is 10.8 Å². The van der Waals surface area contributed by atoms with E-state index >= 15 is 0 Å². The van der Waals surface area contributed by atoms with Gasteiger partial charge >= 0.3 is 0 Å². The molecular weight excluding hydrogens is 250 g/mol. The zero-order valence-electron chi connectivity index (χ0n) is 12.5. The van der Waals surface area contributed by atoms with Crippen molar-refractivity contribution in [2.75, 3.05) is 7.05 Å². The van der Waals surface area contributed by atoms with Gasteiger partial charge in [-0.1, -0.05) is 31.2 Å². The Morgan fingerprint density at radius 3 is 2.30 bits per heavy atom. The van der Waals surface area contributed by atoms with E-state index in [9.17, 15) is 9.90 Å². The summed E-state index contributed by atoms with van der Waals surface area (Å²) in [5.41, 5.74) is 0.113. The maximum absolute atomic E-state index is 12.6. The Bertz CT molecular complexity index is 646. The topological polar surface area (TPSA) is 40.5 Å². The summed E-state index contributed by atoms with van der Waals surface area (Å²) in [6, 6.07) is 11.1. The second-order valence-electron chi connectivity index (χ2n) is 5.75. The van der Waals surface area contributed by atoms with E-state index in [4.69, 9.17) is 0 Å². The van der Waals surface area contributed by atoms with Crippen molar-refractivity contribution in [1.82, 2.24) is 4.90 Å². The van der Waals surface area contributed by atoms with Crippen LogP contribution in [0.15, 0.2) is 36.4 Å². The summed E-state index contributed by atoms with van der Waals surface area (Å²) in [7, 11) is 1.78. The number of benzene rings is 2. The van der Waals surface area contributed by atoms with Crippen LogP contribution in [0.3, 0.4) is 0 Å². The van der Waals surface area contributed by atoms with Crippen LogP contribution in [0.4, 0.5) is 0 Å². The van der Waals surface area contributed by atoms with Gasteiger partial charge in [-0.2, -0.15) is 0 Å². The van der Waals surface area contributed by atoms with Gasteiger partial charge in [0.05, 0.1) is 5.56 Å². The van der Waals surface area contributed by atoms with E-state index in [1.54, 1.807) is 24.1 Å². The Labute approximate surface area is 119 Å². The predicted molar refractivity (Wildman–Crippen MR) is 82.1 cm³/mol. The first-order valence-electron chi connectivity index (χ1n) is 6.86. The molecule has 3 nitrogen and oxygen atoms in total. The lowest BCUT2D eigenvalue weighted by Gasteiger charge is -2.35. The average molecular weight is 271 g/mol. The van der Waals surface area contributed by atoms with Crippen LogP contribution < -0.4 is 0 Å². The standard InChI is InChI=1S/C17H21NO2/c1-5-17(2,3)18(4)16(20)14-10-12-8-6-7-9-13(12)11-15(14)19/h6-11,19H,5H2,1-4H3. The number of phenols is 1. The van der Waals surface area contributed by atoms with Gasteiger partial charge < -0.3 is 10.0 Å². The van der Waals surface area contributed by atoms with Gasteiger partial charge in [-0.15, -0.1) is 0 Å². The first-order valence-corrected chi connectivity index (χ1v) is 6.86. The Morgan fingerprint density at radius 1 is 1.20 bits per heavy atom. The molecule has 0 atom stereocenters. The van der Waals surface area contributed by atoms with E-state index in [2.05, 4.69) is 0 Å². The Kier molecular flexibility index (Phi) is 3.71. The third-order valence-corrected chi connectivity index (χ3v) is 4.17. The summed E-state index contributed by atoms with van der Waals surface area (Å²) in [5.74, 6) is -0.118. The van der Waals surface area contributed by atoms with Crippen LogP contribution in [0, 0.1) is 0 Å². The molecule has 0 aromatic heterocycles. The molecule has 0 unspecified atom stereocenters. The van der Waals surface area contributed by atoms with Gasteiger partial charge in [0.2, 0.25) is 0 Å². The summed E-state index contributed by atoms with van der Waals surface area (Å²) < 4.78 is 0. The van der Waals surface area contributed by atoms with Gasteiger partial charge in [0, 0.05) is 12.6 Å². The highest BCUT2D eigenvalue weighted by molar-refractivity contribution is 6.01. The molecular formula is C17H21NO2. The number of fused-ring (bicyclic) bond motifs is 1. The van der Waals surface area contributed by atoms with Gasteiger partial charge in [-0.05, 0) is 43.2 Å². The maximum atomic E-state index is 12.6. The Balaban J connectivity index is 2.47. The molecule has 0 aliphatic heterocycles. The van der Waals surface area contributed by atoms with Gasteiger partial charge in [-0.25, -0.2) is 0 Å². The van der Waals surface area contributed by atoms with Crippen molar-refractivity contribution in [3.05, 3.63) is 42.0 Å². The molecule has 0 bridgehead atoms. The molecule has 0 fully saturated rings. The molecule has 0 aliphatic carbocycles. The molecule has 20 heavy (non-hydrogen) atoms. The molecule has 0 spiro atoms. The maximum Gasteiger partial charge on any atom is 0.257 e. The van der Waals surface area contributed by atoms with E-state index < -0.39 is 0 Å². The monoisotopic (exact) mass is 271 g/mol. The molecule has 1 N–H and O–H groups in total. The summed E-state index contributed by atoms with van der Waals surface area (Å²) in [4.78, 5) is 14.3. The zero-order chi connectivity index (χ0) is 14.9.